The van der Waals surface area contributed by atoms with Crippen molar-refractivity contribution in [3.63, 3.8) is 0 Å². The van der Waals surface area contributed by atoms with Crippen LogP contribution in [0.3, 0.4) is 0 Å². The molecule has 17 heavy (non-hydrogen) atoms. The Morgan fingerprint density at radius 3 is 2.71 bits per heavy atom. The summed E-state index contributed by atoms with van der Waals surface area (Å²) in [7, 11) is 5.72. The van der Waals surface area contributed by atoms with Gasteiger partial charge in [-0.25, -0.2) is 4.98 Å². The molecule has 0 amide bonds. The monoisotopic (exact) mass is 235 g/mol. The third-order valence-corrected chi connectivity index (χ3v) is 3.27. The van der Waals surface area contributed by atoms with Crippen molar-refractivity contribution in [2.75, 3.05) is 31.4 Å². The van der Waals surface area contributed by atoms with Gasteiger partial charge in [0.2, 0.25) is 5.88 Å². The van der Waals surface area contributed by atoms with Crippen molar-refractivity contribution in [1.29, 1.82) is 0 Å². The molecule has 1 aromatic rings. The number of hydrogen-bond donors (Lipinski definition) is 1. The predicted octanol–water partition coefficient (Wildman–Crippen LogP) is 2.37. The van der Waals surface area contributed by atoms with Crippen LogP contribution < -0.4 is 15.0 Å². The first-order chi connectivity index (χ1) is 8.13. The van der Waals surface area contributed by atoms with Crippen molar-refractivity contribution in [2.45, 2.75) is 25.8 Å². The van der Waals surface area contributed by atoms with Crippen LogP contribution in [0.15, 0.2) is 12.3 Å². The van der Waals surface area contributed by atoms with Crippen LogP contribution in [0.4, 0.5) is 11.4 Å². The van der Waals surface area contributed by atoms with Crippen LogP contribution in [-0.4, -0.2) is 32.2 Å². The molecular weight excluding hydrogens is 214 g/mol. The van der Waals surface area contributed by atoms with E-state index in [-0.39, 0.29) is 0 Å². The summed E-state index contributed by atoms with van der Waals surface area (Å²) in [6, 6.07) is 2.48. The lowest BCUT2D eigenvalue weighted by Crippen LogP contribution is -2.21. The third kappa shape index (κ3) is 2.62. The molecule has 1 unspecified atom stereocenters. The molecule has 1 aliphatic carbocycles. The molecule has 0 aromatic carbocycles. The minimum atomic E-state index is 0.479. The first-order valence-electron chi connectivity index (χ1n) is 6.10. The predicted molar refractivity (Wildman–Crippen MR) is 70.9 cm³/mol. The molecule has 1 heterocycles. The summed E-state index contributed by atoms with van der Waals surface area (Å²) in [5.74, 6) is 1.47. The van der Waals surface area contributed by atoms with E-state index in [4.69, 9.17) is 4.74 Å². The third-order valence-electron chi connectivity index (χ3n) is 3.27. The quantitative estimate of drug-likeness (QED) is 0.850. The van der Waals surface area contributed by atoms with Crippen molar-refractivity contribution < 1.29 is 4.74 Å². The van der Waals surface area contributed by atoms with E-state index in [1.54, 1.807) is 13.3 Å². The van der Waals surface area contributed by atoms with Gasteiger partial charge in [0.05, 0.1) is 12.8 Å². The molecule has 1 atom stereocenters. The van der Waals surface area contributed by atoms with Crippen molar-refractivity contribution in [1.82, 2.24) is 4.98 Å². The molecule has 4 nitrogen and oxygen atoms in total. The summed E-state index contributed by atoms with van der Waals surface area (Å²) in [5.41, 5.74) is 2.11. The van der Waals surface area contributed by atoms with Gasteiger partial charge in [-0.15, -0.1) is 0 Å². The van der Waals surface area contributed by atoms with Crippen LogP contribution in [0.2, 0.25) is 0 Å². The van der Waals surface area contributed by atoms with Crippen molar-refractivity contribution in [3.05, 3.63) is 12.3 Å². The number of nitrogens with zero attached hydrogens (tertiary/aromatic N) is 2. The summed E-state index contributed by atoms with van der Waals surface area (Å²) >= 11 is 0. The summed E-state index contributed by atoms with van der Waals surface area (Å²) in [6.45, 7) is 2.23. The maximum Gasteiger partial charge on any atom is 0.239 e. The Morgan fingerprint density at radius 1 is 1.47 bits per heavy atom. The Balaban J connectivity index is 2.26. The zero-order valence-electron chi connectivity index (χ0n) is 11.0. The molecule has 4 heteroatoms. The Hall–Kier alpha value is -1.45. The fraction of sp³-hybridized carbons (Fsp3) is 0.615. The van der Waals surface area contributed by atoms with Gasteiger partial charge in [-0.05, 0) is 31.7 Å². The molecule has 2 rings (SSSR count). The van der Waals surface area contributed by atoms with E-state index in [2.05, 4.69) is 22.1 Å². The van der Waals surface area contributed by atoms with Crippen LogP contribution >= 0.6 is 0 Å². The van der Waals surface area contributed by atoms with Gasteiger partial charge in [-0.1, -0.05) is 0 Å². The molecule has 1 fully saturated rings. The van der Waals surface area contributed by atoms with E-state index in [0.717, 1.165) is 17.3 Å². The summed E-state index contributed by atoms with van der Waals surface area (Å²) < 4.78 is 5.34. The van der Waals surface area contributed by atoms with Gasteiger partial charge < -0.3 is 15.0 Å². The molecule has 0 spiro atoms. The molecule has 1 N–H and O–H groups in total. The van der Waals surface area contributed by atoms with Gasteiger partial charge in [0.1, 0.15) is 5.69 Å². The zero-order valence-corrected chi connectivity index (χ0v) is 11.0. The standard InChI is InChI=1S/C13H21N3O/c1-9(10-5-6-10)15-12-11(16(2)3)7-8-14-13(12)17-4/h7-10,15H,5-6H2,1-4H3. The largest absolute Gasteiger partial charge is 0.479 e. The Labute approximate surface area is 103 Å². The zero-order chi connectivity index (χ0) is 12.4. The second kappa shape index (κ2) is 4.82. The Bertz CT molecular complexity index is 388. The Kier molecular flexibility index (Phi) is 3.41. The number of methoxy groups -OCH3 is 1. The summed E-state index contributed by atoms with van der Waals surface area (Å²) in [6.07, 6.45) is 4.43. The molecular formula is C13H21N3O. The second-order valence-electron chi connectivity index (χ2n) is 4.88. The number of aromatic nitrogens is 1. The first kappa shape index (κ1) is 12.0. The topological polar surface area (TPSA) is 37.4 Å². The fourth-order valence-electron chi connectivity index (χ4n) is 2.04. The number of rotatable bonds is 5. The number of ether oxygens (including phenoxy) is 1. The van der Waals surface area contributed by atoms with Gasteiger partial charge >= 0.3 is 0 Å². The van der Waals surface area contributed by atoms with Crippen LogP contribution in [0.25, 0.3) is 0 Å². The second-order valence-corrected chi connectivity index (χ2v) is 4.88. The first-order valence-corrected chi connectivity index (χ1v) is 6.10. The van der Waals surface area contributed by atoms with Crippen LogP contribution in [0.1, 0.15) is 19.8 Å². The van der Waals surface area contributed by atoms with Gasteiger partial charge in [0.15, 0.2) is 0 Å². The maximum atomic E-state index is 5.34. The van der Waals surface area contributed by atoms with E-state index in [1.165, 1.54) is 12.8 Å². The lowest BCUT2D eigenvalue weighted by Gasteiger charge is -2.23. The van der Waals surface area contributed by atoms with Crippen molar-refractivity contribution >= 4 is 11.4 Å². The van der Waals surface area contributed by atoms with Crippen LogP contribution in [0, 0.1) is 5.92 Å². The lowest BCUT2D eigenvalue weighted by atomic mass is 10.2. The molecule has 0 saturated heterocycles. The van der Waals surface area contributed by atoms with Gasteiger partial charge in [-0.3, -0.25) is 0 Å². The molecule has 0 radical (unpaired) electrons. The van der Waals surface area contributed by atoms with Crippen LogP contribution in [-0.2, 0) is 0 Å². The van der Waals surface area contributed by atoms with Gasteiger partial charge in [0.25, 0.3) is 0 Å². The van der Waals surface area contributed by atoms with Crippen molar-refractivity contribution in [2.24, 2.45) is 5.92 Å². The smallest absolute Gasteiger partial charge is 0.239 e. The molecule has 1 aromatic heterocycles. The van der Waals surface area contributed by atoms with Gasteiger partial charge in [-0.2, -0.15) is 0 Å². The summed E-state index contributed by atoms with van der Waals surface area (Å²) in [4.78, 5) is 6.34. The average Bonchev–Trinajstić information content (AvgIpc) is 3.12. The Morgan fingerprint density at radius 2 is 2.18 bits per heavy atom. The van der Waals surface area contributed by atoms with Crippen LogP contribution in [0.5, 0.6) is 5.88 Å². The highest BCUT2D eigenvalue weighted by molar-refractivity contribution is 5.74. The maximum absolute atomic E-state index is 5.34. The van der Waals surface area contributed by atoms with E-state index in [9.17, 15) is 0 Å². The fourth-order valence-corrected chi connectivity index (χ4v) is 2.04. The highest BCUT2D eigenvalue weighted by atomic mass is 16.5. The molecule has 94 valence electrons. The minimum Gasteiger partial charge on any atom is -0.479 e. The highest BCUT2D eigenvalue weighted by Gasteiger charge is 2.29. The lowest BCUT2D eigenvalue weighted by molar-refractivity contribution is 0.399. The van der Waals surface area contributed by atoms with E-state index in [0.29, 0.717) is 11.9 Å². The number of anilines is 2. The normalized spacial score (nSPS) is 16.5. The average molecular weight is 235 g/mol. The van der Waals surface area contributed by atoms with E-state index >= 15 is 0 Å². The minimum absolute atomic E-state index is 0.479. The molecule has 1 aliphatic rings. The number of pyridine rings is 1. The molecule has 0 bridgehead atoms. The molecule has 1 saturated carbocycles. The molecule has 0 aliphatic heterocycles. The SMILES string of the molecule is COc1nccc(N(C)C)c1NC(C)C1CC1. The number of hydrogen-bond acceptors (Lipinski definition) is 4. The number of nitrogens with one attached hydrogen (secondary N) is 1. The summed E-state index contributed by atoms with van der Waals surface area (Å²) in [5, 5.41) is 3.54. The van der Waals surface area contributed by atoms with Crippen molar-refractivity contribution in [3.8, 4) is 5.88 Å². The van der Waals surface area contributed by atoms with E-state index in [1.807, 2.05) is 20.2 Å². The van der Waals surface area contributed by atoms with Gasteiger partial charge in [0, 0.05) is 26.3 Å². The van der Waals surface area contributed by atoms with E-state index < -0.39 is 0 Å². The highest BCUT2D eigenvalue weighted by Crippen LogP contribution is 2.38.